The lowest BCUT2D eigenvalue weighted by Gasteiger charge is -2.03. The first-order valence-electron chi connectivity index (χ1n) is 3.71. The molecule has 0 aromatic heterocycles. The summed E-state index contributed by atoms with van der Waals surface area (Å²) < 4.78 is 29.2. The number of ether oxygens (including phenoxy) is 1. The largest absolute Gasteiger partial charge is 0.491 e. The van der Waals surface area contributed by atoms with Gasteiger partial charge in [-0.2, -0.15) is 0 Å². The van der Waals surface area contributed by atoms with Gasteiger partial charge in [0.1, 0.15) is 31.1 Å². The van der Waals surface area contributed by atoms with Crippen molar-refractivity contribution < 1.29 is 18.3 Å². The fraction of sp³-hybridized carbons (Fsp3) is 0.222. The molecule has 70 valence electrons. The smallest absolute Gasteiger partial charge is 0.150 e. The minimum Gasteiger partial charge on any atom is -0.491 e. The predicted molar refractivity (Wildman–Crippen MR) is 43.3 cm³/mol. The Balaban J connectivity index is 2.81. The lowest BCUT2D eigenvalue weighted by Crippen LogP contribution is -1.99. The highest BCUT2D eigenvalue weighted by molar-refractivity contribution is 5.75. The second-order valence-corrected chi connectivity index (χ2v) is 2.38. The third-order valence-corrected chi connectivity index (χ3v) is 1.38. The van der Waals surface area contributed by atoms with Crippen LogP contribution in [0.5, 0.6) is 5.75 Å². The molecule has 0 bridgehead atoms. The van der Waals surface area contributed by atoms with Crippen molar-refractivity contribution in [2.24, 2.45) is 0 Å². The second-order valence-electron chi connectivity index (χ2n) is 2.38. The molecule has 1 rings (SSSR count). The van der Waals surface area contributed by atoms with Crippen molar-refractivity contribution in [2.75, 3.05) is 13.3 Å². The zero-order chi connectivity index (χ0) is 9.68. The van der Waals surface area contributed by atoms with Crippen LogP contribution in [-0.4, -0.2) is 19.6 Å². The van der Waals surface area contributed by atoms with E-state index in [1.807, 2.05) is 0 Å². The molecule has 4 heteroatoms. The third-order valence-electron chi connectivity index (χ3n) is 1.38. The summed E-state index contributed by atoms with van der Waals surface area (Å²) in [6.07, 6.45) is 0.505. The van der Waals surface area contributed by atoms with E-state index in [0.29, 0.717) is 6.29 Å². The zero-order valence-corrected chi connectivity index (χ0v) is 6.80. The summed E-state index contributed by atoms with van der Waals surface area (Å²) in [5.74, 6) is -0.404. The summed E-state index contributed by atoms with van der Waals surface area (Å²) in [7, 11) is 0. The van der Waals surface area contributed by atoms with Gasteiger partial charge in [-0.15, -0.1) is 0 Å². The number of hydrogen-bond donors (Lipinski definition) is 0. The van der Waals surface area contributed by atoms with E-state index >= 15 is 0 Å². The number of carbonyl (C=O) groups is 1. The van der Waals surface area contributed by atoms with Gasteiger partial charge >= 0.3 is 0 Å². The van der Waals surface area contributed by atoms with Crippen LogP contribution in [0.3, 0.4) is 0 Å². The number of alkyl halides is 1. The molecule has 0 aliphatic rings. The van der Waals surface area contributed by atoms with Crippen LogP contribution in [0, 0.1) is 5.82 Å². The number of halogens is 2. The molecular formula is C9H8F2O2. The SMILES string of the molecule is O=Cc1cc(F)cc(OCCF)c1. The average Bonchev–Trinajstić information content (AvgIpc) is 2.14. The summed E-state index contributed by atoms with van der Waals surface area (Å²) in [4.78, 5) is 10.3. The quantitative estimate of drug-likeness (QED) is 0.672. The van der Waals surface area contributed by atoms with E-state index in [4.69, 9.17) is 4.74 Å². The van der Waals surface area contributed by atoms with Crippen LogP contribution in [0.4, 0.5) is 8.78 Å². The van der Waals surface area contributed by atoms with Gasteiger partial charge in [-0.3, -0.25) is 4.79 Å². The first kappa shape index (κ1) is 9.64. The van der Waals surface area contributed by atoms with Crippen molar-refractivity contribution in [2.45, 2.75) is 0 Å². The Hall–Kier alpha value is -1.45. The standard InChI is InChI=1S/C9H8F2O2/c10-1-2-13-9-4-7(6-12)3-8(11)5-9/h3-6H,1-2H2. The van der Waals surface area contributed by atoms with Gasteiger partial charge in [0.2, 0.25) is 0 Å². The highest BCUT2D eigenvalue weighted by Crippen LogP contribution is 2.15. The molecule has 0 fully saturated rings. The minimum atomic E-state index is -0.646. The van der Waals surface area contributed by atoms with Crippen LogP contribution in [0.15, 0.2) is 18.2 Å². The van der Waals surface area contributed by atoms with Crippen molar-refractivity contribution in [3.05, 3.63) is 29.6 Å². The molecule has 0 spiro atoms. The van der Waals surface area contributed by atoms with E-state index in [9.17, 15) is 13.6 Å². The molecule has 1 aromatic carbocycles. The zero-order valence-electron chi connectivity index (χ0n) is 6.80. The van der Waals surface area contributed by atoms with Crippen molar-refractivity contribution in [1.82, 2.24) is 0 Å². The first-order valence-corrected chi connectivity index (χ1v) is 3.71. The number of rotatable bonds is 4. The Morgan fingerprint density at radius 3 is 2.77 bits per heavy atom. The normalized spacial score (nSPS) is 9.69. The number of hydrogen-bond acceptors (Lipinski definition) is 2. The van der Waals surface area contributed by atoms with Gasteiger partial charge in [0.15, 0.2) is 0 Å². The minimum absolute atomic E-state index is 0.137. The maximum absolute atomic E-state index is 12.7. The van der Waals surface area contributed by atoms with E-state index in [1.165, 1.54) is 6.07 Å². The number of carbonyl (C=O) groups excluding carboxylic acids is 1. The Kier molecular flexibility index (Phi) is 3.37. The topological polar surface area (TPSA) is 26.3 Å². The van der Waals surface area contributed by atoms with E-state index < -0.39 is 12.5 Å². The molecule has 0 atom stereocenters. The molecule has 2 nitrogen and oxygen atoms in total. The van der Waals surface area contributed by atoms with E-state index in [-0.39, 0.29) is 17.9 Å². The van der Waals surface area contributed by atoms with Crippen LogP contribution in [0.25, 0.3) is 0 Å². The molecule has 0 amide bonds. The Morgan fingerprint density at radius 2 is 2.15 bits per heavy atom. The summed E-state index contributed by atoms with van der Waals surface area (Å²) in [5.41, 5.74) is 0.175. The summed E-state index contributed by atoms with van der Waals surface area (Å²) >= 11 is 0. The highest BCUT2D eigenvalue weighted by Gasteiger charge is 2.00. The van der Waals surface area contributed by atoms with E-state index in [0.717, 1.165) is 12.1 Å². The van der Waals surface area contributed by atoms with E-state index in [2.05, 4.69) is 0 Å². The third kappa shape index (κ3) is 2.82. The summed E-state index contributed by atoms with van der Waals surface area (Å²) in [6, 6.07) is 3.53. The molecule has 0 radical (unpaired) electrons. The first-order chi connectivity index (χ1) is 6.26. The molecule has 0 N–H and O–H groups in total. The van der Waals surface area contributed by atoms with Crippen LogP contribution >= 0.6 is 0 Å². The highest BCUT2D eigenvalue weighted by atomic mass is 19.1. The molecular weight excluding hydrogens is 178 g/mol. The lowest BCUT2D eigenvalue weighted by atomic mass is 10.2. The summed E-state index contributed by atoms with van der Waals surface area (Å²) in [6.45, 7) is -0.783. The van der Waals surface area contributed by atoms with Gasteiger partial charge in [-0.05, 0) is 12.1 Å². The molecule has 13 heavy (non-hydrogen) atoms. The molecule has 0 saturated heterocycles. The fourth-order valence-electron chi connectivity index (χ4n) is 0.892. The molecule has 0 unspecified atom stereocenters. The number of aldehydes is 1. The molecule has 0 heterocycles. The fourth-order valence-corrected chi connectivity index (χ4v) is 0.892. The van der Waals surface area contributed by atoms with Gasteiger partial charge in [0.25, 0.3) is 0 Å². The second kappa shape index (κ2) is 4.54. The molecule has 0 aliphatic heterocycles. The monoisotopic (exact) mass is 186 g/mol. The van der Waals surface area contributed by atoms with Crippen LogP contribution in [0.2, 0.25) is 0 Å². The van der Waals surface area contributed by atoms with Crippen molar-refractivity contribution in [1.29, 1.82) is 0 Å². The van der Waals surface area contributed by atoms with Gasteiger partial charge in [0, 0.05) is 11.6 Å². The van der Waals surface area contributed by atoms with Crippen LogP contribution < -0.4 is 4.74 Å². The molecule has 1 aromatic rings. The molecule has 0 aliphatic carbocycles. The lowest BCUT2D eigenvalue weighted by molar-refractivity contribution is 0.112. The van der Waals surface area contributed by atoms with Crippen molar-refractivity contribution in [3.8, 4) is 5.75 Å². The van der Waals surface area contributed by atoms with Gasteiger partial charge in [-0.25, -0.2) is 8.78 Å². The van der Waals surface area contributed by atoms with Gasteiger partial charge < -0.3 is 4.74 Å². The summed E-state index contributed by atoms with van der Waals surface area (Å²) in [5, 5.41) is 0. The Bertz CT molecular complexity index is 300. The number of benzene rings is 1. The van der Waals surface area contributed by atoms with Crippen LogP contribution in [0.1, 0.15) is 10.4 Å². The maximum Gasteiger partial charge on any atom is 0.150 e. The molecule has 0 saturated carbocycles. The van der Waals surface area contributed by atoms with Crippen molar-refractivity contribution in [3.63, 3.8) is 0 Å². The van der Waals surface area contributed by atoms with E-state index in [1.54, 1.807) is 0 Å². The Labute approximate surface area is 74.1 Å². The Morgan fingerprint density at radius 1 is 1.38 bits per heavy atom. The van der Waals surface area contributed by atoms with Crippen molar-refractivity contribution >= 4 is 6.29 Å². The average molecular weight is 186 g/mol. The van der Waals surface area contributed by atoms with Gasteiger partial charge in [0.05, 0.1) is 0 Å². The van der Waals surface area contributed by atoms with Gasteiger partial charge in [-0.1, -0.05) is 0 Å². The van der Waals surface area contributed by atoms with Crippen LogP contribution in [-0.2, 0) is 0 Å². The maximum atomic E-state index is 12.7. The predicted octanol–water partition coefficient (Wildman–Crippen LogP) is 1.99.